The molecular formula is C22H36N2O10. The maximum Gasteiger partial charge on any atom is 0.417 e. The number of esters is 1. The molecule has 0 aliphatic carbocycles. The predicted octanol–water partition coefficient (Wildman–Crippen LogP) is 2.72. The minimum atomic E-state index is -0.985. The van der Waals surface area contributed by atoms with E-state index in [0.29, 0.717) is 9.80 Å². The van der Waals surface area contributed by atoms with Crippen molar-refractivity contribution in [2.75, 3.05) is 13.1 Å². The van der Waals surface area contributed by atoms with Gasteiger partial charge in [-0.3, -0.25) is 19.2 Å². The average molecular weight is 489 g/mol. The lowest BCUT2D eigenvalue weighted by atomic mass is 10.2. The van der Waals surface area contributed by atoms with Gasteiger partial charge in [-0.25, -0.2) is 19.4 Å². The smallest absolute Gasteiger partial charge is 0.417 e. The van der Waals surface area contributed by atoms with Crippen molar-refractivity contribution < 1.29 is 48.1 Å². The van der Waals surface area contributed by atoms with Crippen molar-refractivity contribution >= 4 is 35.9 Å². The van der Waals surface area contributed by atoms with Gasteiger partial charge in [0.25, 0.3) is 11.8 Å². The Morgan fingerprint density at radius 3 is 1.26 bits per heavy atom. The molecule has 1 aliphatic rings. The number of hydrogen-bond acceptors (Lipinski definition) is 9. The van der Waals surface area contributed by atoms with Crippen LogP contribution in [0.15, 0.2) is 0 Å². The number of amides is 4. The van der Waals surface area contributed by atoms with Crippen LogP contribution < -0.4 is 0 Å². The van der Waals surface area contributed by atoms with E-state index in [4.69, 9.17) is 19.3 Å². The van der Waals surface area contributed by atoms with Crippen LogP contribution in [0.2, 0.25) is 0 Å². The van der Waals surface area contributed by atoms with Crippen LogP contribution in [-0.2, 0) is 33.4 Å². The Morgan fingerprint density at radius 1 is 0.676 bits per heavy atom. The third-order valence-corrected chi connectivity index (χ3v) is 3.38. The largest absolute Gasteiger partial charge is 0.481 e. The first-order valence-corrected chi connectivity index (χ1v) is 10.6. The van der Waals surface area contributed by atoms with E-state index in [1.807, 2.05) is 0 Å². The van der Waals surface area contributed by atoms with Crippen LogP contribution in [0.1, 0.15) is 75.2 Å². The van der Waals surface area contributed by atoms with Crippen LogP contribution in [0.4, 0.5) is 9.59 Å². The molecule has 1 aliphatic heterocycles. The number of carboxylic acids is 1. The summed E-state index contributed by atoms with van der Waals surface area (Å²) in [5.74, 6) is -2.84. The summed E-state index contributed by atoms with van der Waals surface area (Å²) in [6.07, 6.45) is -2.05. The Morgan fingerprint density at radius 2 is 1.00 bits per heavy atom. The zero-order chi connectivity index (χ0) is 27.1. The Hall–Kier alpha value is -3.18. The third-order valence-electron chi connectivity index (χ3n) is 3.38. The lowest BCUT2D eigenvalue weighted by molar-refractivity contribution is -0.157. The summed E-state index contributed by atoms with van der Waals surface area (Å²) >= 11 is 0. The Balaban J connectivity index is 0.000000770. The van der Waals surface area contributed by atoms with Crippen molar-refractivity contribution in [2.45, 2.75) is 92.0 Å². The summed E-state index contributed by atoms with van der Waals surface area (Å²) in [5.41, 5.74) is -2.11. The maximum atomic E-state index is 12.0. The Labute approximate surface area is 199 Å². The lowest BCUT2D eigenvalue weighted by Gasteiger charge is -2.33. The van der Waals surface area contributed by atoms with Gasteiger partial charge in [0.05, 0.1) is 12.8 Å². The number of aliphatic carboxylic acids is 1. The van der Waals surface area contributed by atoms with E-state index in [0.717, 1.165) is 0 Å². The Bertz CT molecular complexity index is 754. The third kappa shape index (κ3) is 13.4. The van der Waals surface area contributed by atoms with Gasteiger partial charge >= 0.3 is 24.1 Å². The molecule has 0 aromatic heterocycles. The summed E-state index contributed by atoms with van der Waals surface area (Å²) in [7, 11) is 0. The number of rotatable bonds is 3. The van der Waals surface area contributed by atoms with E-state index in [1.54, 1.807) is 62.3 Å². The van der Waals surface area contributed by atoms with E-state index in [1.165, 1.54) is 0 Å². The molecule has 1 rings (SSSR count). The molecule has 0 bridgehead atoms. The molecule has 12 nitrogen and oxygen atoms in total. The minimum Gasteiger partial charge on any atom is -0.481 e. The minimum absolute atomic E-state index is 0.0629. The zero-order valence-electron chi connectivity index (χ0n) is 21.3. The molecule has 1 heterocycles. The molecule has 12 heteroatoms. The molecule has 4 amide bonds. The molecule has 1 fully saturated rings. The van der Waals surface area contributed by atoms with Crippen LogP contribution in [0.25, 0.3) is 0 Å². The summed E-state index contributed by atoms with van der Waals surface area (Å²) in [6.45, 7) is 14.0. The zero-order valence-corrected chi connectivity index (χ0v) is 21.3. The number of carbonyl (C=O) groups is 6. The van der Waals surface area contributed by atoms with Crippen molar-refractivity contribution in [1.82, 2.24) is 9.80 Å². The molecule has 0 aromatic rings. The molecule has 0 unspecified atom stereocenters. The van der Waals surface area contributed by atoms with Crippen molar-refractivity contribution in [3.63, 3.8) is 0 Å². The van der Waals surface area contributed by atoms with E-state index < -0.39 is 65.8 Å². The van der Waals surface area contributed by atoms with Gasteiger partial charge in [0.2, 0.25) is 0 Å². The molecule has 0 atom stereocenters. The van der Waals surface area contributed by atoms with Gasteiger partial charge in [-0.2, -0.15) is 0 Å². The number of hydrogen-bond donors (Lipinski definition) is 1. The molecule has 1 saturated heterocycles. The van der Waals surface area contributed by atoms with Crippen LogP contribution in [0, 0.1) is 0 Å². The SMILES string of the molecule is CC(C)(C)OC(=O)CCC(=O)O.CC(C)(C)OC(=O)N1CC(=O)N(C(=O)OC(C)(C)C)CC1=O. The number of nitrogens with zero attached hydrogens (tertiary/aromatic N) is 2. The monoisotopic (exact) mass is 488 g/mol. The second-order valence-corrected chi connectivity index (χ2v) is 10.4. The van der Waals surface area contributed by atoms with E-state index in [-0.39, 0.29) is 12.8 Å². The summed E-state index contributed by atoms with van der Waals surface area (Å²) < 4.78 is 15.0. The fourth-order valence-corrected chi connectivity index (χ4v) is 2.19. The highest BCUT2D eigenvalue weighted by Crippen LogP contribution is 2.16. The molecule has 1 N–H and O–H groups in total. The maximum absolute atomic E-state index is 12.0. The molecule has 0 saturated carbocycles. The highest BCUT2D eigenvalue weighted by atomic mass is 16.6. The normalized spacial score (nSPS) is 14.6. The fourth-order valence-electron chi connectivity index (χ4n) is 2.19. The van der Waals surface area contributed by atoms with Crippen molar-refractivity contribution in [1.29, 1.82) is 0 Å². The second kappa shape index (κ2) is 11.8. The summed E-state index contributed by atoms with van der Waals surface area (Å²) in [5, 5.41) is 8.25. The van der Waals surface area contributed by atoms with Gasteiger partial charge in [-0.15, -0.1) is 0 Å². The van der Waals surface area contributed by atoms with Crippen LogP contribution >= 0.6 is 0 Å². The van der Waals surface area contributed by atoms with Crippen LogP contribution in [0.3, 0.4) is 0 Å². The number of carboxylic acid groups (broad SMARTS) is 1. The highest BCUT2D eigenvalue weighted by molar-refractivity contribution is 6.06. The van der Waals surface area contributed by atoms with Crippen molar-refractivity contribution in [2.24, 2.45) is 0 Å². The first kappa shape index (κ1) is 30.8. The summed E-state index contributed by atoms with van der Waals surface area (Å²) in [4.78, 5) is 70.0. The van der Waals surface area contributed by atoms with Gasteiger partial charge in [-0.05, 0) is 62.3 Å². The van der Waals surface area contributed by atoms with Crippen molar-refractivity contribution in [3.8, 4) is 0 Å². The van der Waals surface area contributed by atoms with Gasteiger partial charge in [0.15, 0.2) is 0 Å². The summed E-state index contributed by atoms with van der Waals surface area (Å²) in [6, 6.07) is 0. The molecule has 34 heavy (non-hydrogen) atoms. The van der Waals surface area contributed by atoms with Gasteiger partial charge < -0.3 is 19.3 Å². The predicted molar refractivity (Wildman–Crippen MR) is 119 cm³/mol. The lowest BCUT2D eigenvalue weighted by Crippen LogP contribution is -2.58. The topological polar surface area (TPSA) is 157 Å². The van der Waals surface area contributed by atoms with E-state index in [2.05, 4.69) is 0 Å². The molecule has 0 radical (unpaired) electrons. The number of ether oxygens (including phenoxy) is 3. The molecule has 0 aromatic carbocycles. The molecule has 0 spiro atoms. The quantitative estimate of drug-likeness (QED) is 0.462. The second-order valence-electron chi connectivity index (χ2n) is 10.4. The van der Waals surface area contributed by atoms with Gasteiger partial charge in [-0.1, -0.05) is 0 Å². The first-order valence-electron chi connectivity index (χ1n) is 10.6. The average Bonchev–Trinajstić information content (AvgIpc) is 2.57. The number of piperazine rings is 1. The van der Waals surface area contributed by atoms with Crippen LogP contribution in [-0.4, -0.2) is 80.7 Å². The Kier molecular flexibility index (Phi) is 10.7. The van der Waals surface area contributed by atoms with E-state index in [9.17, 15) is 28.8 Å². The highest BCUT2D eigenvalue weighted by Gasteiger charge is 2.40. The van der Waals surface area contributed by atoms with Crippen LogP contribution in [0.5, 0.6) is 0 Å². The van der Waals surface area contributed by atoms with Gasteiger partial charge in [0.1, 0.15) is 29.9 Å². The van der Waals surface area contributed by atoms with Gasteiger partial charge in [0, 0.05) is 0 Å². The number of imide groups is 2. The first-order chi connectivity index (χ1) is 15.1. The number of carbonyl (C=O) groups excluding carboxylic acids is 5. The van der Waals surface area contributed by atoms with E-state index >= 15 is 0 Å². The standard InChI is InChI=1S/C14H22N2O6.C8H14O4/c1-13(2,3)21-11(19)15-7-10(18)16(8-9(15)17)12(20)22-14(4,5)6;1-8(2,3)12-7(11)5-4-6(9)10/h7-8H2,1-6H3;4-5H2,1-3H3,(H,9,10). The molecular weight excluding hydrogens is 452 g/mol. The fraction of sp³-hybridized carbons (Fsp3) is 0.727. The van der Waals surface area contributed by atoms with Crippen molar-refractivity contribution in [3.05, 3.63) is 0 Å². The molecule has 194 valence electrons.